The Morgan fingerprint density at radius 2 is 2.21 bits per heavy atom. The highest BCUT2D eigenvalue weighted by atomic mass is 16.2. The topological polar surface area (TPSA) is 44.1 Å². The Balaban J connectivity index is 2.09. The molecule has 0 N–H and O–H groups in total. The predicted molar refractivity (Wildman–Crippen MR) is 72.6 cm³/mol. The monoisotopic (exact) mass is 254 g/mol. The first-order valence-corrected chi connectivity index (χ1v) is 6.85. The van der Waals surface area contributed by atoms with E-state index in [9.17, 15) is 4.79 Å². The molecule has 2 aliphatic rings. The summed E-state index contributed by atoms with van der Waals surface area (Å²) in [6.45, 7) is 2.27. The molecule has 0 aromatic heterocycles. The van der Waals surface area contributed by atoms with Crippen molar-refractivity contribution < 1.29 is 4.79 Å². The quantitative estimate of drug-likeness (QED) is 0.713. The molecule has 0 spiro atoms. The Morgan fingerprint density at radius 1 is 1.42 bits per heavy atom. The number of likely N-dealkylation sites (tertiary alicyclic amines) is 1. The molecule has 0 bridgehead atoms. The van der Waals surface area contributed by atoms with E-state index < -0.39 is 0 Å². The summed E-state index contributed by atoms with van der Waals surface area (Å²) in [5.41, 5.74) is 3.41. The summed E-state index contributed by atoms with van der Waals surface area (Å²) in [4.78, 5) is 13.8. The lowest BCUT2D eigenvalue weighted by atomic mass is 9.63. The minimum absolute atomic E-state index is 0.0459. The van der Waals surface area contributed by atoms with E-state index in [0.717, 1.165) is 24.8 Å². The molecule has 1 aromatic carbocycles. The summed E-state index contributed by atoms with van der Waals surface area (Å²) < 4.78 is 0. The van der Waals surface area contributed by atoms with E-state index in [1.54, 1.807) is 0 Å². The molecule has 3 rings (SSSR count). The second-order valence-corrected chi connectivity index (χ2v) is 5.96. The van der Waals surface area contributed by atoms with E-state index in [4.69, 9.17) is 5.26 Å². The maximum absolute atomic E-state index is 11.9. The van der Waals surface area contributed by atoms with Crippen LogP contribution in [0, 0.1) is 11.3 Å². The van der Waals surface area contributed by atoms with Gasteiger partial charge in [-0.25, -0.2) is 0 Å². The fourth-order valence-corrected chi connectivity index (χ4v) is 3.86. The van der Waals surface area contributed by atoms with E-state index in [1.807, 2.05) is 24.1 Å². The Bertz CT molecular complexity index is 587. The maximum Gasteiger partial charge on any atom is 0.222 e. The number of nitriles is 1. The lowest BCUT2D eigenvalue weighted by Crippen LogP contribution is -2.56. The number of carbonyl (C=O) groups excluding carboxylic acids is 1. The molecule has 0 unspecified atom stereocenters. The van der Waals surface area contributed by atoms with E-state index >= 15 is 0 Å². The molecule has 1 saturated heterocycles. The molecule has 0 saturated carbocycles. The zero-order valence-electron chi connectivity index (χ0n) is 11.4. The number of nitrogens with zero attached hydrogens (tertiary/aromatic N) is 2. The minimum Gasteiger partial charge on any atom is -0.342 e. The number of likely N-dealkylation sites (N-methyl/N-ethyl adjacent to an activating group) is 1. The SMILES string of the molecule is CN1C(=O)CC[C@]2(C)c3ccc(C#N)cc3CC[C@@H]12. The number of aryl methyl sites for hydroxylation is 1. The normalized spacial score (nSPS) is 29.4. The summed E-state index contributed by atoms with van der Waals surface area (Å²) in [5.74, 6) is 0.263. The molecule has 98 valence electrons. The van der Waals surface area contributed by atoms with Crippen molar-refractivity contribution in [3.8, 4) is 6.07 Å². The molecule has 1 fully saturated rings. The van der Waals surface area contributed by atoms with Crippen molar-refractivity contribution in [2.75, 3.05) is 7.05 Å². The van der Waals surface area contributed by atoms with E-state index in [2.05, 4.69) is 19.1 Å². The third kappa shape index (κ3) is 1.67. The zero-order chi connectivity index (χ0) is 13.6. The number of hydrogen-bond acceptors (Lipinski definition) is 2. The predicted octanol–water partition coefficient (Wildman–Crippen LogP) is 2.38. The van der Waals surface area contributed by atoms with Crippen molar-refractivity contribution in [3.05, 3.63) is 34.9 Å². The average Bonchev–Trinajstić information content (AvgIpc) is 2.43. The van der Waals surface area contributed by atoms with Crippen molar-refractivity contribution in [2.24, 2.45) is 0 Å². The van der Waals surface area contributed by atoms with Gasteiger partial charge in [0.1, 0.15) is 0 Å². The van der Waals surface area contributed by atoms with E-state index in [0.29, 0.717) is 12.5 Å². The Morgan fingerprint density at radius 3 is 2.95 bits per heavy atom. The molecule has 19 heavy (non-hydrogen) atoms. The summed E-state index contributed by atoms with van der Waals surface area (Å²) >= 11 is 0. The van der Waals surface area contributed by atoms with Crippen LogP contribution < -0.4 is 0 Å². The van der Waals surface area contributed by atoms with Crippen LogP contribution in [0.5, 0.6) is 0 Å². The molecule has 1 heterocycles. The van der Waals surface area contributed by atoms with Gasteiger partial charge >= 0.3 is 0 Å². The van der Waals surface area contributed by atoms with Crippen LogP contribution in [0.3, 0.4) is 0 Å². The van der Waals surface area contributed by atoms with Crippen molar-refractivity contribution in [3.63, 3.8) is 0 Å². The van der Waals surface area contributed by atoms with Gasteiger partial charge in [0.2, 0.25) is 5.91 Å². The number of carbonyl (C=O) groups is 1. The lowest BCUT2D eigenvalue weighted by molar-refractivity contribution is -0.138. The molecular formula is C16H18N2O. The zero-order valence-corrected chi connectivity index (χ0v) is 11.4. The van der Waals surface area contributed by atoms with Gasteiger partial charge in [0.15, 0.2) is 0 Å². The van der Waals surface area contributed by atoms with Crippen LogP contribution in [0.1, 0.15) is 42.9 Å². The van der Waals surface area contributed by atoms with Gasteiger partial charge in [-0.1, -0.05) is 13.0 Å². The van der Waals surface area contributed by atoms with Crippen LogP contribution in [-0.4, -0.2) is 23.9 Å². The first kappa shape index (κ1) is 12.2. The Hall–Kier alpha value is -1.82. The molecular weight excluding hydrogens is 236 g/mol. The van der Waals surface area contributed by atoms with Crippen LogP contribution >= 0.6 is 0 Å². The van der Waals surface area contributed by atoms with Crippen molar-refractivity contribution in [1.82, 2.24) is 4.90 Å². The van der Waals surface area contributed by atoms with Crippen LogP contribution in [0.15, 0.2) is 18.2 Å². The smallest absolute Gasteiger partial charge is 0.222 e. The van der Waals surface area contributed by atoms with Crippen molar-refractivity contribution in [2.45, 2.75) is 44.1 Å². The fourth-order valence-electron chi connectivity index (χ4n) is 3.86. The van der Waals surface area contributed by atoms with Gasteiger partial charge in [-0.2, -0.15) is 5.26 Å². The molecule has 3 nitrogen and oxygen atoms in total. The van der Waals surface area contributed by atoms with Crippen LogP contribution in [-0.2, 0) is 16.6 Å². The standard InChI is InChI=1S/C16H18N2O/c1-16-8-7-15(19)18(2)14(16)6-4-12-9-11(10-17)3-5-13(12)16/h3,5,9,14H,4,6-8H2,1-2H3/t14-,16-/m1/s1. The Kier molecular flexibility index (Phi) is 2.63. The number of fused-ring (bicyclic) bond motifs is 3. The summed E-state index contributed by atoms with van der Waals surface area (Å²) in [6, 6.07) is 8.54. The van der Waals surface area contributed by atoms with Gasteiger partial charge in [0.25, 0.3) is 0 Å². The third-order valence-corrected chi connectivity index (χ3v) is 4.99. The number of amides is 1. The van der Waals surface area contributed by atoms with Crippen LogP contribution in [0.2, 0.25) is 0 Å². The van der Waals surface area contributed by atoms with Gasteiger partial charge in [-0.3, -0.25) is 4.79 Å². The van der Waals surface area contributed by atoms with Crippen LogP contribution in [0.25, 0.3) is 0 Å². The summed E-state index contributed by atoms with van der Waals surface area (Å²) in [6.07, 6.45) is 3.51. The highest BCUT2D eigenvalue weighted by Gasteiger charge is 2.46. The molecule has 3 heteroatoms. The van der Waals surface area contributed by atoms with Gasteiger partial charge in [-0.05, 0) is 42.5 Å². The average molecular weight is 254 g/mol. The fraction of sp³-hybridized carbons (Fsp3) is 0.500. The van der Waals surface area contributed by atoms with E-state index in [-0.39, 0.29) is 11.3 Å². The molecule has 2 atom stereocenters. The number of benzene rings is 1. The molecule has 1 aliphatic heterocycles. The van der Waals surface area contributed by atoms with Gasteiger partial charge < -0.3 is 4.90 Å². The third-order valence-electron chi connectivity index (χ3n) is 4.99. The van der Waals surface area contributed by atoms with Gasteiger partial charge in [0.05, 0.1) is 11.6 Å². The largest absolute Gasteiger partial charge is 0.342 e. The minimum atomic E-state index is 0.0459. The summed E-state index contributed by atoms with van der Waals surface area (Å²) in [7, 11) is 1.93. The first-order chi connectivity index (χ1) is 9.06. The highest BCUT2D eigenvalue weighted by molar-refractivity contribution is 5.78. The molecule has 0 radical (unpaired) electrons. The lowest BCUT2D eigenvalue weighted by Gasteiger charge is -2.50. The van der Waals surface area contributed by atoms with E-state index in [1.165, 1.54) is 11.1 Å². The Labute approximate surface area is 113 Å². The molecule has 1 aliphatic carbocycles. The van der Waals surface area contributed by atoms with Crippen molar-refractivity contribution in [1.29, 1.82) is 5.26 Å². The summed E-state index contributed by atoms with van der Waals surface area (Å²) in [5, 5.41) is 9.01. The highest BCUT2D eigenvalue weighted by Crippen LogP contribution is 2.45. The number of piperidine rings is 1. The van der Waals surface area contributed by atoms with Crippen molar-refractivity contribution >= 4 is 5.91 Å². The second-order valence-electron chi connectivity index (χ2n) is 5.96. The van der Waals surface area contributed by atoms with Crippen LogP contribution in [0.4, 0.5) is 0 Å². The van der Waals surface area contributed by atoms with Gasteiger partial charge in [-0.15, -0.1) is 0 Å². The molecule has 1 amide bonds. The van der Waals surface area contributed by atoms with Gasteiger partial charge in [0, 0.05) is 24.9 Å². The second kappa shape index (κ2) is 4.09. The maximum atomic E-state index is 11.9. The first-order valence-electron chi connectivity index (χ1n) is 6.85. The number of hydrogen-bond donors (Lipinski definition) is 0. The number of rotatable bonds is 0. The molecule has 1 aromatic rings.